The Kier molecular flexibility index (Phi) is 7.20. The first kappa shape index (κ1) is 28.5. The summed E-state index contributed by atoms with van der Waals surface area (Å²) in [6.45, 7) is -1.20. The lowest BCUT2D eigenvalue weighted by atomic mass is 9.88. The van der Waals surface area contributed by atoms with Crippen LogP contribution in [0.3, 0.4) is 0 Å². The minimum atomic E-state index is -8.62. The molecule has 0 amide bonds. The van der Waals surface area contributed by atoms with Gasteiger partial charge in [0.25, 0.3) is 0 Å². The molecule has 30 heavy (non-hydrogen) atoms. The van der Waals surface area contributed by atoms with Crippen LogP contribution in [-0.4, -0.2) is 59.3 Å². The zero-order valence-corrected chi connectivity index (χ0v) is 13.4. The number of allylic oxidation sites excluding steroid dienone is 1. The van der Waals surface area contributed by atoms with Crippen LogP contribution in [-0.2, 0) is 0 Å². The molecule has 0 atom stereocenters. The van der Waals surface area contributed by atoms with Gasteiger partial charge in [-0.15, -0.1) is 0 Å². The van der Waals surface area contributed by atoms with Crippen molar-refractivity contribution in [2.24, 2.45) is 0 Å². The molecule has 0 aliphatic rings. The molecule has 0 saturated carbocycles. The zero-order valence-electron chi connectivity index (χ0n) is 13.4. The molecule has 0 radical (unpaired) electrons. The minimum Gasteiger partial charge on any atom is -0.392 e. The lowest BCUT2D eigenvalue weighted by Gasteiger charge is -2.42. The first-order valence-electron chi connectivity index (χ1n) is 6.78. The molecule has 0 fully saturated rings. The summed E-state index contributed by atoms with van der Waals surface area (Å²) >= 11 is 0. The van der Waals surface area contributed by atoms with Gasteiger partial charge in [-0.2, -0.15) is 74.6 Å². The molecule has 0 unspecified atom stereocenters. The highest BCUT2D eigenvalue weighted by Crippen LogP contribution is 2.64. The molecule has 1 N–H and O–H groups in total. The third-order valence-electron chi connectivity index (χ3n) is 3.43. The lowest BCUT2D eigenvalue weighted by molar-refractivity contribution is -0.461. The smallest absolute Gasteiger partial charge is 0.392 e. The van der Waals surface area contributed by atoms with Crippen molar-refractivity contribution in [1.29, 1.82) is 0 Å². The van der Waals surface area contributed by atoms with E-state index in [9.17, 15) is 74.6 Å². The molecule has 0 aliphatic carbocycles. The third kappa shape index (κ3) is 3.79. The number of rotatable bonds is 9. The fourth-order valence-electron chi connectivity index (χ4n) is 1.63. The lowest BCUT2D eigenvalue weighted by Crippen LogP contribution is -2.74. The quantitative estimate of drug-likeness (QED) is 0.314. The minimum absolute atomic E-state index is 0.146. The van der Waals surface area contributed by atoms with E-state index >= 15 is 0 Å². The number of aliphatic hydroxyl groups is 1. The number of alkyl halides is 17. The number of hydrogen-bond acceptors (Lipinski definition) is 1. The van der Waals surface area contributed by atoms with Gasteiger partial charge in [0, 0.05) is 6.42 Å². The normalized spacial score (nSPS) is 16.5. The maximum absolute atomic E-state index is 13.3. The van der Waals surface area contributed by atoms with E-state index in [1.807, 2.05) is 0 Å². The Morgan fingerprint density at radius 1 is 0.433 bits per heavy atom. The Bertz CT molecular complexity index is 629. The summed E-state index contributed by atoms with van der Waals surface area (Å²) in [7, 11) is 0. The van der Waals surface area contributed by atoms with Crippen molar-refractivity contribution < 1.29 is 79.7 Å². The molecule has 0 aromatic rings. The summed E-state index contributed by atoms with van der Waals surface area (Å²) in [5, 5.41) is 8.16. The van der Waals surface area contributed by atoms with Gasteiger partial charge in [0.15, 0.2) is 0 Å². The predicted molar refractivity (Wildman–Crippen MR) is 61.5 cm³/mol. The van der Waals surface area contributed by atoms with Crippen molar-refractivity contribution in [1.82, 2.24) is 0 Å². The average molecular weight is 490 g/mol. The molecule has 180 valence electrons. The first-order valence-corrected chi connectivity index (χ1v) is 6.78. The van der Waals surface area contributed by atoms with Crippen LogP contribution in [0.2, 0.25) is 0 Å². The second kappa shape index (κ2) is 7.58. The Hall–Kier alpha value is -1.49. The van der Waals surface area contributed by atoms with E-state index in [-0.39, 0.29) is 12.2 Å². The van der Waals surface area contributed by atoms with Crippen LogP contribution in [0.5, 0.6) is 0 Å². The van der Waals surface area contributed by atoms with E-state index in [2.05, 4.69) is 0 Å². The van der Waals surface area contributed by atoms with Gasteiger partial charge < -0.3 is 5.11 Å². The van der Waals surface area contributed by atoms with Gasteiger partial charge in [-0.1, -0.05) is 12.2 Å². The summed E-state index contributed by atoms with van der Waals surface area (Å²) in [4.78, 5) is 0. The molecule has 0 bridgehead atoms. The van der Waals surface area contributed by atoms with Crippen LogP contribution in [0.4, 0.5) is 74.6 Å². The fourth-order valence-corrected chi connectivity index (χ4v) is 1.63. The molecule has 0 aromatic heterocycles. The summed E-state index contributed by atoms with van der Waals surface area (Å²) in [6, 6.07) is 0. The number of hydrogen-bond donors (Lipinski definition) is 1. The van der Waals surface area contributed by atoms with Crippen LogP contribution >= 0.6 is 0 Å². The van der Waals surface area contributed by atoms with Crippen LogP contribution in [0.1, 0.15) is 6.42 Å². The Morgan fingerprint density at radius 3 is 1.03 bits per heavy atom. The maximum Gasteiger partial charge on any atom is 0.460 e. The molecule has 0 saturated heterocycles. The topological polar surface area (TPSA) is 20.2 Å². The molecule has 0 aromatic carbocycles. The van der Waals surface area contributed by atoms with Crippen LogP contribution in [0.15, 0.2) is 12.2 Å². The Morgan fingerprint density at radius 2 is 0.733 bits per heavy atom. The highest BCUT2D eigenvalue weighted by molar-refractivity contribution is 5.15. The van der Waals surface area contributed by atoms with Crippen molar-refractivity contribution in [2.45, 2.75) is 54.1 Å². The summed E-state index contributed by atoms with van der Waals surface area (Å²) in [5.74, 6) is -56.3. The SMILES string of the molecule is OCC=CCC(F)(F)C(F)(F)C(F)(F)C(F)(F)C(F)(F)C(F)(F)C(F)(F)C(F)(F)F. The Labute approximate surface area is 154 Å². The molecular formula is C12H7F17O. The maximum atomic E-state index is 13.3. The van der Waals surface area contributed by atoms with Crippen molar-refractivity contribution in [2.75, 3.05) is 6.61 Å². The number of halogens is 17. The van der Waals surface area contributed by atoms with Gasteiger partial charge in [-0.25, -0.2) is 0 Å². The van der Waals surface area contributed by atoms with Gasteiger partial charge in [0.2, 0.25) is 0 Å². The zero-order chi connectivity index (χ0) is 24.8. The largest absolute Gasteiger partial charge is 0.460 e. The third-order valence-corrected chi connectivity index (χ3v) is 3.43. The standard InChI is InChI=1S/C12H7F17O/c13-5(14,3-1-2-4-30)6(15,16)7(17,18)8(19,20)9(21,22)10(23,24)11(25,26)12(27,28)29/h1-2,30H,3-4H2. The van der Waals surface area contributed by atoms with Crippen molar-refractivity contribution in [3.8, 4) is 0 Å². The van der Waals surface area contributed by atoms with E-state index in [0.717, 1.165) is 0 Å². The second-order valence-corrected chi connectivity index (χ2v) is 5.51. The van der Waals surface area contributed by atoms with Gasteiger partial charge in [-0.05, 0) is 0 Å². The fraction of sp³-hybridized carbons (Fsp3) is 0.833. The van der Waals surface area contributed by atoms with Gasteiger partial charge in [-0.3, -0.25) is 0 Å². The van der Waals surface area contributed by atoms with Crippen molar-refractivity contribution >= 4 is 0 Å². The van der Waals surface area contributed by atoms with Crippen LogP contribution in [0, 0.1) is 0 Å². The first-order chi connectivity index (χ1) is 12.8. The van der Waals surface area contributed by atoms with Crippen molar-refractivity contribution in [3.05, 3.63) is 12.2 Å². The van der Waals surface area contributed by atoms with Crippen LogP contribution in [0.25, 0.3) is 0 Å². The van der Waals surface area contributed by atoms with Gasteiger partial charge >= 0.3 is 47.6 Å². The second-order valence-electron chi connectivity index (χ2n) is 5.51. The molecule has 0 rings (SSSR count). The van der Waals surface area contributed by atoms with E-state index in [4.69, 9.17) is 5.11 Å². The van der Waals surface area contributed by atoms with E-state index in [1.54, 1.807) is 0 Å². The number of aliphatic hydroxyl groups excluding tert-OH is 1. The molecular weight excluding hydrogens is 483 g/mol. The van der Waals surface area contributed by atoms with Crippen LogP contribution < -0.4 is 0 Å². The van der Waals surface area contributed by atoms with Gasteiger partial charge in [0.05, 0.1) is 6.61 Å². The molecule has 0 aliphatic heterocycles. The molecule has 1 nitrogen and oxygen atoms in total. The monoisotopic (exact) mass is 490 g/mol. The highest BCUT2D eigenvalue weighted by Gasteiger charge is 2.95. The summed E-state index contributed by atoms with van der Waals surface area (Å²) < 4.78 is 219. The van der Waals surface area contributed by atoms with Gasteiger partial charge in [0.1, 0.15) is 0 Å². The van der Waals surface area contributed by atoms with Crippen molar-refractivity contribution in [3.63, 3.8) is 0 Å². The molecule has 0 spiro atoms. The molecule has 18 heteroatoms. The highest BCUT2D eigenvalue weighted by atomic mass is 19.4. The van der Waals surface area contributed by atoms with E-state index < -0.39 is 60.7 Å². The average Bonchev–Trinajstić information content (AvgIpc) is 2.52. The predicted octanol–water partition coefficient (Wildman–Crippen LogP) is 5.93. The summed E-state index contributed by atoms with van der Waals surface area (Å²) in [6.07, 6.45) is -10.6. The van der Waals surface area contributed by atoms with E-state index in [1.165, 1.54) is 0 Å². The summed E-state index contributed by atoms with van der Waals surface area (Å²) in [5.41, 5.74) is 0. The molecule has 0 heterocycles. The Balaban J connectivity index is 6.59. The van der Waals surface area contributed by atoms with E-state index in [0.29, 0.717) is 0 Å².